The second kappa shape index (κ2) is 7.21. The molecule has 142 valence electrons. The Labute approximate surface area is 162 Å². The highest BCUT2D eigenvalue weighted by Gasteiger charge is 2.37. The summed E-state index contributed by atoms with van der Waals surface area (Å²) in [5.74, 6) is 0.551. The molecule has 2 aromatic heterocycles. The van der Waals surface area contributed by atoms with Crippen LogP contribution in [0.25, 0.3) is 21.2 Å². The van der Waals surface area contributed by atoms with E-state index >= 15 is 0 Å². The van der Waals surface area contributed by atoms with Gasteiger partial charge in [0.1, 0.15) is 11.3 Å². The minimum Gasteiger partial charge on any atom is -0.474 e. The van der Waals surface area contributed by atoms with Crippen molar-refractivity contribution in [2.24, 2.45) is 11.0 Å². The van der Waals surface area contributed by atoms with E-state index in [1.54, 1.807) is 51.3 Å². The van der Waals surface area contributed by atoms with E-state index in [0.717, 1.165) is 10.9 Å². The van der Waals surface area contributed by atoms with E-state index in [2.05, 4.69) is 20.0 Å². The Morgan fingerprint density at radius 3 is 2.67 bits per heavy atom. The molecule has 0 aliphatic heterocycles. The van der Waals surface area contributed by atoms with Crippen molar-refractivity contribution in [3.05, 3.63) is 39.6 Å². The number of nitrogens with zero attached hydrogens (tertiary/aromatic N) is 6. The second-order valence-electron chi connectivity index (χ2n) is 7.42. The van der Waals surface area contributed by atoms with Crippen molar-refractivity contribution in [3.63, 3.8) is 0 Å². The van der Waals surface area contributed by atoms with Crippen molar-refractivity contribution in [3.8, 4) is 5.88 Å². The molecule has 27 heavy (non-hydrogen) atoms. The van der Waals surface area contributed by atoms with Crippen molar-refractivity contribution in [1.29, 1.82) is 0 Å². The van der Waals surface area contributed by atoms with Crippen molar-refractivity contribution < 1.29 is 9.53 Å². The van der Waals surface area contributed by atoms with E-state index in [1.807, 2.05) is 0 Å². The third-order valence-electron chi connectivity index (χ3n) is 4.82. The summed E-state index contributed by atoms with van der Waals surface area (Å²) in [6, 6.07) is 1.72. The van der Waals surface area contributed by atoms with Gasteiger partial charge >= 0.3 is 0 Å². The van der Waals surface area contributed by atoms with E-state index < -0.39 is 5.54 Å². The molecule has 8 nitrogen and oxygen atoms in total. The smallest absolute Gasteiger partial charge is 0.225 e. The van der Waals surface area contributed by atoms with Crippen LogP contribution in [0, 0.1) is 5.92 Å². The summed E-state index contributed by atoms with van der Waals surface area (Å²) in [7, 11) is 3.51. The van der Waals surface area contributed by atoms with Gasteiger partial charge in [-0.15, -0.1) is 0 Å². The summed E-state index contributed by atoms with van der Waals surface area (Å²) >= 11 is 6.08. The third kappa shape index (κ3) is 3.77. The lowest BCUT2D eigenvalue weighted by Gasteiger charge is -2.35. The number of aromatic nitrogens is 2. The maximum absolute atomic E-state index is 12.0. The number of amides is 1. The predicted octanol–water partition coefficient (Wildman–Crippen LogP) is 4.07. The first-order valence-corrected chi connectivity index (χ1v) is 8.99. The molecule has 1 aliphatic rings. The summed E-state index contributed by atoms with van der Waals surface area (Å²) < 4.78 is 6.02. The third-order valence-corrected chi connectivity index (χ3v) is 5.03. The minimum atomic E-state index is -0.803. The molecule has 0 atom stereocenters. The van der Waals surface area contributed by atoms with Gasteiger partial charge in [0.05, 0.1) is 10.9 Å². The molecule has 3 rings (SSSR count). The molecule has 1 fully saturated rings. The number of pyridine rings is 2. The number of fused-ring (bicyclic) bond motifs is 1. The van der Waals surface area contributed by atoms with Gasteiger partial charge in [0.2, 0.25) is 11.8 Å². The first kappa shape index (κ1) is 19.2. The fourth-order valence-electron chi connectivity index (χ4n) is 3.22. The zero-order valence-electron chi connectivity index (χ0n) is 15.7. The molecule has 2 heterocycles. The van der Waals surface area contributed by atoms with Crippen LogP contribution in [0.2, 0.25) is 5.15 Å². The molecule has 0 aromatic carbocycles. The van der Waals surface area contributed by atoms with Crippen molar-refractivity contribution in [1.82, 2.24) is 14.9 Å². The zero-order valence-corrected chi connectivity index (χ0v) is 16.4. The molecule has 9 heteroatoms. The number of azide groups is 1. The van der Waals surface area contributed by atoms with Crippen molar-refractivity contribution >= 4 is 28.3 Å². The minimum absolute atomic E-state index is 0.00740. The van der Waals surface area contributed by atoms with Crippen molar-refractivity contribution in [2.75, 3.05) is 14.1 Å². The lowest BCUT2D eigenvalue weighted by molar-refractivity contribution is -0.138. The number of carbonyl (C=O) groups excluding carboxylic acids is 1. The van der Waals surface area contributed by atoms with Crippen molar-refractivity contribution in [2.45, 2.75) is 38.3 Å². The Bertz CT molecular complexity index is 933. The van der Waals surface area contributed by atoms with Gasteiger partial charge < -0.3 is 9.64 Å². The topological polar surface area (TPSA) is 104 Å². The number of halogens is 1. The van der Waals surface area contributed by atoms with Gasteiger partial charge in [0, 0.05) is 37.3 Å². The average Bonchev–Trinajstić information content (AvgIpc) is 2.56. The Balaban J connectivity index is 1.90. The fraction of sp³-hybridized carbons (Fsp3) is 0.500. The Hall–Kier alpha value is -2.57. The van der Waals surface area contributed by atoms with Crippen LogP contribution in [0.3, 0.4) is 0 Å². The highest BCUT2D eigenvalue weighted by atomic mass is 35.5. The van der Waals surface area contributed by atoms with E-state index in [-0.39, 0.29) is 17.9 Å². The maximum Gasteiger partial charge on any atom is 0.225 e. The van der Waals surface area contributed by atoms with Gasteiger partial charge in [-0.2, -0.15) is 0 Å². The quantitative estimate of drug-likeness (QED) is 0.333. The van der Waals surface area contributed by atoms with Gasteiger partial charge in [-0.25, -0.2) is 9.97 Å². The SMILES string of the molecule is CN(C)C(=O)[C@H]1C[C@@H](Oc2ncc(C(C)(C)N=[N+]=[N-])c3cc(Cl)ncc23)C1. The van der Waals surface area contributed by atoms with Crippen LogP contribution in [0.4, 0.5) is 0 Å². The molecular formula is C18H21ClN6O2. The second-order valence-corrected chi connectivity index (χ2v) is 7.81. The molecule has 0 radical (unpaired) electrons. The molecule has 0 saturated heterocycles. The van der Waals surface area contributed by atoms with E-state index in [0.29, 0.717) is 29.3 Å². The molecule has 0 N–H and O–H groups in total. The summed E-state index contributed by atoms with van der Waals surface area (Å²) in [5, 5.41) is 5.67. The van der Waals surface area contributed by atoms with Crippen LogP contribution >= 0.6 is 11.6 Å². The van der Waals surface area contributed by atoms with E-state index in [4.69, 9.17) is 21.9 Å². The highest BCUT2D eigenvalue weighted by Crippen LogP contribution is 2.38. The van der Waals surface area contributed by atoms with Crippen LogP contribution in [0.15, 0.2) is 23.6 Å². The molecule has 2 aromatic rings. The largest absolute Gasteiger partial charge is 0.474 e. The molecule has 1 aliphatic carbocycles. The zero-order chi connectivity index (χ0) is 19.8. The first-order chi connectivity index (χ1) is 12.7. The lowest BCUT2D eigenvalue weighted by Crippen LogP contribution is -2.43. The van der Waals surface area contributed by atoms with Crippen LogP contribution in [-0.2, 0) is 10.3 Å². The summed E-state index contributed by atoms with van der Waals surface area (Å²) in [6.07, 6.45) is 4.50. The van der Waals surface area contributed by atoms with Gasteiger partial charge in [0.15, 0.2) is 0 Å². The van der Waals surface area contributed by atoms with Gasteiger partial charge in [-0.3, -0.25) is 4.79 Å². The fourth-order valence-corrected chi connectivity index (χ4v) is 3.38. The number of rotatable bonds is 5. The molecular weight excluding hydrogens is 368 g/mol. The van der Waals surface area contributed by atoms with E-state index in [9.17, 15) is 4.79 Å². The Morgan fingerprint density at radius 2 is 2.04 bits per heavy atom. The van der Waals surface area contributed by atoms with Crippen LogP contribution < -0.4 is 4.74 Å². The number of carbonyl (C=O) groups is 1. The molecule has 0 bridgehead atoms. The van der Waals surface area contributed by atoms with Gasteiger partial charge in [-0.05, 0) is 35.4 Å². The van der Waals surface area contributed by atoms with E-state index in [1.165, 1.54) is 0 Å². The maximum atomic E-state index is 12.0. The van der Waals surface area contributed by atoms with Crippen LogP contribution in [0.1, 0.15) is 32.3 Å². The number of hydrogen-bond donors (Lipinski definition) is 0. The Morgan fingerprint density at radius 1 is 1.33 bits per heavy atom. The lowest BCUT2D eigenvalue weighted by atomic mass is 9.81. The number of hydrogen-bond acceptors (Lipinski definition) is 5. The summed E-state index contributed by atoms with van der Waals surface area (Å²) in [4.78, 5) is 25.1. The average molecular weight is 389 g/mol. The van der Waals surface area contributed by atoms with Gasteiger partial charge in [0.25, 0.3) is 0 Å². The Kier molecular flexibility index (Phi) is 5.13. The van der Waals surface area contributed by atoms with Crippen LogP contribution in [-0.4, -0.2) is 41.0 Å². The van der Waals surface area contributed by atoms with Gasteiger partial charge in [-0.1, -0.05) is 30.6 Å². The normalized spacial score (nSPS) is 19.1. The van der Waals surface area contributed by atoms with Crippen LogP contribution in [0.5, 0.6) is 5.88 Å². The monoisotopic (exact) mass is 388 g/mol. The highest BCUT2D eigenvalue weighted by molar-refractivity contribution is 6.30. The number of ether oxygens (including phenoxy) is 1. The molecule has 1 saturated carbocycles. The first-order valence-electron chi connectivity index (χ1n) is 8.61. The molecule has 1 amide bonds. The summed E-state index contributed by atoms with van der Waals surface area (Å²) in [6.45, 7) is 3.61. The predicted molar refractivity (Wildman–Crippen MR) is 103 cm³/mol. The summed E-state index contributed by atoms with van der Waals surface area (Å²) in [5.41, 5.74) is 8.79. The standard InChI is InChI=1S/C18H21ClN6O2/c1-18(2,23-24-20)14-9-22-16(13-8-21-15(19)7-12(13)14)27-11-5-10(6-11)17(26)25(3)4/h7-11H,5-6H2,1-4H3/t10-,11+. The molecule has 0 unspecified atom stereocenters. The molecule has 0 spiro atoms.